The first-order valence-electron chi connectivity index (χ1n) is 7.48. The van der Waals surface area contributed by atoms with E-state index in [1.165, 1.54) is 5.69 Å². The van der Waals surface area contributed by atoms with E-state index in [-0.39, 0.29) is 0 Å². The molecule has 0 bridgehead atoms. The molecule has 0 saturated heterocycles. The molecule has 116 valence electrons. The molecule has 20 heavy (non-hydrogen) atoms. The first-order valence-corrected chi connectivity index (χ1v) is 7.48. The molecule has 0 aromatic carbocycles. The largest absolute Gasteiger partial charge is 0.493 e. The lowest BCUT2D eigenvalue weighted by molar-refractivity contribution is 0.364. The van der Waals surface area contributed by atoms with Crippen molar-refractivity contribution in [3.8, 4) is 5.75 Å². The van der Waals surface area contributed by atoms with E-state index in [0.29, 0.717) is 5.92 Å². The highest BCUT2D eigenvalue weighted by atomic mass is 16.5. The zero-order valence-corrected chi connectivity index (χ0v) is 13.6. The first kappa shape index (κ1) is 17.0. The van der Waals surface area contributed by atoms with Gasteiger partial charge in [0.2, 0.25) is 0 Å². The molecule has 1 aromatic rings. The molecule has 0 unspecified atom stereocenters. The Kier molecular flexibility index (Phi) is 7.62. The number of nitrogens with one attached hydrogen (secondary N) is 1. The van der Waals surface area contributed by atoms with Crippen LogP contribution in [-0.2, 0) is 13.0 Å². The molecule has 0 radical (unpaired) electrons. The summed E-state index contributed by atoms with van der Waals surface area (Å²) >= 11 is 0. The van der Waals surface area contributed by atoms with Crippen LogP contribution < -0.4 is 10.1 Å². The Morgan fingerprint density at radius 2 is 2.15 bits per heavy atom. The summed E-state index contributed by atoms with van der Waals surface area (Å²) in [4.78, 5) is 2.17. The van der Waals surface area contributed by atoms with Crippen molar-refractivity contribution in [2.45, 2.75) is 33.2 Å². The van der Waals surface area contributed by atoms with Crippen molar-refractivity contribution in [3.63, 3.8) is 0 Å². The molecule has 0 spiro atoms. The Hall–Kier alpha value is -1.07. The van der Waals surface area contributed by atoms with Crippen LogP contribution in [0.4, 0.5) is 0 Å². The van der Waals surface area contributed by atoms with E-state index in [1.54, 1.807) is 7.11 Å². The van der Waals surface area contributed by atoms with Crippen LogP contribution in [0.3, 0.4) is 0 Å². The van der Waals surface area contributed by atoms with E-state index >= 15 is 0 Å². The zero-order valence-electron chi connectivity index (χ0n) is 13.6. The molecule has 1 heterocycles. The minimum Gasteiger partial charge on any atom is -0.493 e. The predicted octanol–water partition coefficient (Wildman–Crippen LogP) is 1.63. The van der Waals surface area contributed by atoms with E-state index in [1.807, 2.05) is 6.20 Å². The van der Waals surface area contributed by atoms with E-state index in [0.717, 1.165) is 44.8 Å². The summed E-state index contributed by atoms with van der Waals surface area (Å²) in [7, 11) is 5.88. The average Bonchev–Trinajstić information content (AvgIpc) is 2.77. The van der Waals surface area contributed by atoms with Crippen molar-refractivity contribution in [1.82, 2.24) is 20.0 Å². The zero-order chi connectivity index (χ0) is 15.0. The molecular weight excluding hydrogens is 252 g/mol. The smallest absolute Gasteiger partial charge is 0.159 e. The summed E-state index contributed by atoms with van der Waals surface area (Å²) in [5, 5.41) is 7.91. The van der Waals surface area contributed by atoms with E-state index < -0.39 is 0 Å². The molecule has 1 rings (SSSR count). The molecule has 0 saturated carbocycles. The number of hydrogen-bond acceptors (Lipinski definition) is 4. The normalized spacial score (nSPS) is 11.6. The fourth-order valence-corrected chi connectivity index (χ4v) is 2.08. The second-order valence-corrected chi connectivity index (χ2v) is 5.89. The van der Waals surface area contributed by atoms with Crippen LogP contribution in [0.5, 0.6) is 5.75 Å². The van der Waals surface area contributed by atoms with E-state index in [4.69, 9.17) is 4.74 Å². The molecule has 0 aliphatic rings. The topological polar surface area (TPSA) is 42.3 Å². The second-order valence-electron chi connectivity index (χ2n) is 5.89. The Labute approximate surface area is 123 Å². The van der Waals surface area contributed by atoms with Crippen LogP contribution in [0.15, 0.2) is 6.20 Å². The fraction of sp³-hybridized carbons (Fsp3) is 0.800. The number of ether oxygens (including phenoxy) is 1. The number of likely N-dealkylation sites (N-methyl/N-ethyl adjacent to an activating group) is 1. The molecule has 5 heteroatoms. The molecule has 0 aliphatic carbocycles. The highest BCUT2D eigenvalue weighted by Crippen LogP contribution is 2.19. The van der Waals surface area contributed by atoms with Crippen LogP contribution in [0.25, 0.3) is 0 Å². The molecule has 0 fully saturated rings. The Morgan fingerprint density at radius 3 is 2.75 bits per heavy atom. The van der Waals surface area contributed by atoms with Gasteiger partial charge in [0.05, 0.1) is 25.5 Å². The number of methoxy groups -OCH3 is 1. The third-order valence-electron chi connectivity index (χ3n) is 3.21. The van der Waals surface area contributed by atoms with Crippen LogP contribution >= 0.6 is 0 Å². The lowest BCUT2D eigenvalue weighted by atomic mass is 10.2. The summed E-state index contributed by atoms with van der Waals surface area (Å²) in [6, 6.07) is 0. The Bertz CT molecular complexity index is 374. The van der Waals surface area contributed by atoms with Crippen LogP contribution in [0.1, 0.15) is 26.0 Å². The number of nitrogens with zero attached hydrogens (tertiary/aromatic N) is 3. The van der Waals surface area contributed by atoms with Gasteiger partial charge in [-0.2, -0.15) is 5.10 Å². The monoisotopic (exact) mass is 282 g/mol. The van der Waals surface area contributed by atoms with Crippen LogP contribution in [0.2, 0.25) is 0 Å². The highest BCUT2D eigenvalue weighted by molar-refractivity contribution is 5.25. The summed E-state index contributed by atoms with van der Waals surface area (Å²) in [6.07, 6.45) is 3.94. The number of aromatic nitrogens is 2. The van der Waals surface area contributed by atoms with Gasteiger partial charge in [-0.3, -0.25) is 4.68 Å². The second kappa shape index (κ2) is 8.97. The van der Waals surface area contributed by atoms with Gasteiger partial charge in [0.25, 0.3) is 0 Å². The van der Waals surface area contributed by atoms with Gasteiger partial charge in [0.1, 0.15) is 0 Å². The van der Waals surface area contributed by atoms with E-state index in [9.17, 15) is 0 Å². The SMILES string of the molecule is COc1cnn(CCN(C)C)c1CCCNCC(C)C. The van der Waals surface area contributed by atoms with Crippen LogP contribution in [0, 0.1) is 5.92 Å². The molecular formula is C15H30N4O. The summed E-state index contributed by atoms with van der Waals surface area (Å²) in [6.45, 7) is 8.48. The fourth-order valence-electron chi connectivity index (χ4n) is 2.08. The first-order chi connectivity index (χ1) is 9.54. The van der Waals surface area contributed by atoms with Gasteiger partial charge < -0.3 is 15.0 Å². The third-order valence-corrected chi connectivity index (χ3v) is 3.21. The van der Waals surface area contributed by atoms with Gasteiger partial charge in [-0.1, -0.05) is 13.8 Å². The molecule has 0 amide bonds. The van der Waals surface area contributed by atoms with Crippen molar-refractivity contribution in [1.29, 1.82) is 0 Å². The predicted molar refractivity (Wildman–Crippen MR) is 83.4 cm³/mol. The molecule has 5 nitrogen and oxygen atoms in total. The molecule has 0 atom stereocenters. The van der Waals surface area contributed by atoms with Gasteiger partial charge >= 0.3 is 0 Å². The van der Waals surface area contributed by atoms with Crippen molar-refractivity contribution in [2.75, 3.05) is 40.8 Å². The van der Waals surface area contributed by atoms with Crippen molar-refractivity contribution in [3.05, 3.63) is 11.9 Å². The van der Waals surface area contributed by atoms with Gasteiger partial charge in [-0.25, -0.2) is 0 Å². The summed E-state index contributed by atoms with van der Waals surface area (Å²) < 4.78 is 7.48. The molecule has 1 N–H and O–H groups in total. The average molecular weight is 282 g/mol. The summed E-state index contributed by atoms with van der Waals surface area (Å²) in [5.41, 5.74) is 1.21. The van der Waals surface area contributed by atoms with Crippen molar-refractivity contribution < 1.29 is 4.74 Å². The maximum absolute atomic E-state index is 5.41. The maximum Gasteiger partial charge on any atom is 0.159 e. The quantitative estimate of drug-likeness (QED) is 0.662. The molecule has 1 aromatic heterocycles. The number of hydrogen-bond donors (Lipinski definition) is 1. The van der Waals surface area contributed by atoms with E-state index in [2.05, 4.69) is 47.9 Å². The molecule has 0 aliphatic heterocycles. The van der Waals surface area contributed by atoms with Gasteiger partial charge in [-0.15, -0.1) is 0 Å². The van der Waals surface area contributed by atoms with Crippen molar-refractivity contribution >= 4 is 0 Å². The Balaban J connectivity index is 2.46. The van der Waals surface area contributed by atoms with Crippen molar-refractivity contribution in [2.24, 2.45) is 5.92 Å². The standard InChI is InChI=1S/C15H30N4O/c1-13(2)11-16-8-6-7-14-15(20-5)12-17-19(14)10-9-18(3)4/h12-13,16H,6-11H2,1-5H3. The minimum atomic E-state index is 0.704. The third kappa shape index (κ3) is 5.92. The highest BCUT2D eigenvalue weighted by Gasteiger charge is 2.11. The van der Waals surface area contributed by atoms with Gasteiger partial charge in [0.15, 0.2) is 5.75 Å². The summed E-state index contributed by atoms with van der Waals surface area (Å²) in [5.74, 6) is 1.61. The lowest BCUT2D eigenvalue weighted by Gasteiger charge is -2.13. The van der Waals surface area contributed by atoms with Crippen LogP contribution in [-0.4, -0.2) is 55.5 Å². The lowest BCUT2D eigenvalue weighted by Crippen LogP contribution is -2.22. The Morgan fingerprint density at radius 1 is 1.40 bits per heavy atom. The number of rotatable bonds is 10. The minimum absolute atomic E-state index is 0.704. The van der Waals surface area contributed by atoms with Gasteiger partial charge in [0, 0.05) is 6.54 Å². The van der Waals surface area contributed by atoms with Gasteiger partial charge in [-0.05, 0) is 45.9 Å². The maximum atomic E-state index is 5.41.